The molecule has 0 aromatic carbocycles. The van der Waals surface area contributed by atoms with Gasteiger partial charge in [-0.15, -0.1) is 0 Å². The Balaban J connectivity index is 1.58. The Bertz CT molecular complexity index is 878. The number of allylic oxidation sites excluding steroid dienone is 4. The maximum absolute atomic E-state index is 12.7. The largest absolute Gasteiger partial charge is 0.394 e. The smallest absolute Gasteiger partial charge is 0.347 e. The molecule has 8 atom stereocenters. The van der Waals surface area contributed by atoms with Crippen molar-refractivity contribution in [1.82, 2.24) is 10.2 Å². The Morgan fingerprint density at radius 2 is 2.00 bits per heavy atom. The second-order valence-electron chi connectivity index (χ2n) is 8.18. The minimum atomic E-state index is -2.36. The normalized spacial score (nSPS) is 41.1. The summed E-state index contributed by atoms with van der Waals surface area (Å²) in [5.74, 6) is -2.80. The predicted octanol–water partition coefficient (Wildman–Crippen LogP) is -2.80. The van der Waals surface area contributed by atoms with E-state index in [1.54, 1.807) is 24.4 Å². The van der Waals surface area contributed by atoms with Crippen LogP contribution in [0.3, 0.4) is 0 Å². The van der Waals surface area contributed by atoms with Crippen molar-refractivity contribution in [2.45, 2.75) is 49.1 Å². The van der Waals surface area contributed by atoms with Crippen LogP contribution in [0.2, 0.25) is 0 Å². The molecule has 0 bridgehead atoms. The maximum atomic E-state index is 12.7. The van der Waals surface area contributed by atoms with E-state index in [1.165, 1.54) is 4.90 Å². The third kappa shape index (κ3) is 4.67. The van der Waals surface area contributed by atoms with Crippen LogP contribution in [0.25, 0.3) is 0 Å². The van der Waals surface area contributed by atoms with Crippen LogP contribution < -0.4 is 11.1 Å². The molecular formula is C20H28N4O9. The molecule has 0 aliphatic carbocycles. The summed E-state index contributed by atoms with van der Waals surface area (Å²) in [6, 6.07) is -0.749. The molecule has 0 aromatic rings. The second kappa shape index (κ2) is 9.48. The summed E-state index contributed by atoms with van der Waals surface area (Å²) in [4.78, 5) is 17.8. The fourth-order valence-corrected chi connectivity index (χ4v) is 4.23. The van der Waals surface area contributed by atoms with Gasteiger partial charge in [0.05, 0.1) is 31.7 Å². The number of nitrogens with two attached hydrogens (primary N) is 1. The highest BCUT2D eigenvalue weighted by Crippen LogP contribution is 2.37. The highest BCUT2D eigenvalue weighted by atomic mass is 16.8. The molecule has 2 saturated heterocycles. The molecule has 0 spiro atoms. The molecule has 2 amide bonds. The first-order valence-corrected chi connectivity index (χ1v) is 10.5. The van der Waals surface area contributed by atoms with Gasteiger partial charge in [0.25, 0.3) is 5.97 Å². The first kappa shape index (κ1) is 23.8. The van der Waals surface area contributed by atoms with Gasteiger partial charge in [0, 0.05) is 18.4 Å². The van der Waals surface area contributed by atoms with E-state index < -0.39 is 74.3 Å². The van der Waals surface area contributed by atoms with Gasteiger partial charge in [0.15, 0.2) is 6.23 Å². The number of aliphatic hydroxyl groups is 5. The lowest BCUT2D eigenvalue weighted by atomic mass is 10.0. The standard InChI is InChI=1S/C20H28N4O9/c21-17-10(11-4-2-1-3-5-22-11)7-24(19(29)23-17)18-16(15(28)14(9-26)31-18)33-20(30)6-12(27)13(8-25)32-20/h1-5,10,12-16,18,22,25-28,30H,6-9H2,(H2,21,23,29)/t10?,12-,13+,14+,15-,16+,18+,20-/m0/s1. The van der Waals surface area contributed by atoms with Crippen LogP contribution >= 0.6 is 0 Å². The monoisotopic (exact) mass is 468 g/mol. The average Bonchev–Trinajstić information content (AvgIpc) is 3.09. The number of amides is 2. The number of ether oxygens (including phenoxy) is 3. The Hall–Kier alpha value is -2.36. The van der Waals surface area contributed by atoms with Crippen LogP contribution in [0.1, 0.15) is 6.42 Å². The van der Waals surface area contributed by atoms with Crippen molar-refractivity contribution >= 4 is 11.9 Å². The molecule has 182 valence electrons. The number of carbonyl (C=O) groups excluding carboxylic acids is 1. The summed E-state index contributed by atoms with van der Waals surface area (Å²) < 4.78 is 16.5. The summed E-state index contributed by atoms with van der Waals surface area (Å²) >= 11 is 0. The number of amidine groups is 1. The zero-order valence-electron chi connectivity index (χ0n) is 17.6. The highest BCUT2D eigenvalue weighted by molar-refractivity contribution is 5.98. The molecule has 8 N–H and O–H groups in total. The molecule has 0 saturated carbocycles. The Morgan fingerprint density at radius 1 is 1.24 bits per heavy atom. The van der Waals surface area contributed by atoms with Gasteiger partial charge in [-0.05, 0) is 12.2 Å². The van der Waals surface area contributed by atoms with E-state index in [2.05, 4.69) is 10.3 Å². The maximum Gasteiger partial charge on any atom is 0.347 e. The molecule has 0 radical (unpaired) electrons. The van der Waals surface area contributed by atoms with Crippen molar-refractivity contribution in [2.75, 3.05) is 19.8 Å². The number of nitrogens with one attached hydrogen (secondary N) is 1. The van der Waals surface area contributed by atoms with Gasteiger partial charge in [-0.2, -0.15) is 4.99 Å². The SMILES string of the molecule is NC1=NC(=O)N([C@@H]2O[C@H](CO)[C@H](O)[C@H]2O[C@]2(O)C[C@H](O)[C@@H](CO)O2)CC1C1=CC=CC=CN1. The van der Waals surface area contributed by atoms with Crippen molar-refractivity contribution in [3.05, 3.63) is 36.2 Å². The predicted molar refractivity (Wildman–Crippen MR) is 111 cm³/mol. The number of carbonyl (C=O) groups is 1. The summed E-state index contributed by atoms with van der Waals surface area (Å²) in [6.07, 6.45) is 0.928. The van der Waals surface area contributed by atoms with E-state index in [9.17, 15) is 30.3 Å². The summed E-state index contributed by atoms with van der Waals surface area (Å²) in [6.45, 7) is -1.15. The first-order valence-electron chi connectivity index (χ1n) is 10.5. The van der Waals surface area contributed by atoms with E-state index in [4.69, 9.17) is 19.9 Å². The van der Waals surface area contributed by atoms with E-state index in [1.807, 2.05) is 6.08 Å². The first-order chi connectivity index (χ1) is 15.8. The van der Waals surface area contributed by atoms with Crippen molar-refractivity contribution in [3.63, 3.8) is 0 Å². The molecule has 4 aliphatic heterocycles. The van der Waals surface area contributed by atoms with Gasteiger partial charge in [-0.1, -0.05) is 12.2 Å². The highest BCUT2D eigenvalue weighted by Gasteiger charge is 2.55. The van der Waals surface area contributed by atoms with Crippen LogP contribution in [0.5, 0.6) is 0 Å². The number of rotatable bonds is 6. The van der Waals surface area contributed by atoms with Gasteiger partial charge < -0.3 is 50.8 Å². The molecule has 13 heteroatoms. The van der Waals surface area contributed by atoms with Gasteiger partial charge in [-0.3, -0.25) is 4.90 Å². The van der Waals surface area contributed by atoms with Crippen LogP contribution in [-0.2, 0) is 14.2 Å². The molecule has 2 fully saturated rings. The molecule has 33 heavy (non-hydrogen) atoms. The zero-order valence-corrected chi connectivity index (χ0v) is 17.6. The van der Waals surface area contributed by atoms with Gasteiger partial charge in [-0.25, -0.2) is 4.79 Å². The van der Waals surface area contributed by atoms with Crippen molar-refractivity contribution < 1.29 is 44.5 Å². The number of aliphatic hydroxyl groups excluding tert-OH is 4. The lowest BCUT2D eigenvalue weighted by molar-refractivity contribution is -0.376. The molecule has 4 aliphatic rings. The van der Waals surface area contributed by atoms with Crippen molar-refractivity contribution in [1.29, 1.82) is 0 Å². The summed E-state index contributed by atoms with van der Waals surface area (Å²) in [5.41, 5.74) is 6.69. The van der Waals surface area contributed by atoms with E-state index in [0.29, 0.717) is 5.70 Å². The molecule has 4 rings (SSSR count). The molecule has 13 nitrogen and oxygen atoms in total. The minimum Gasteiger partial charge on any atom is -0.394 e. The number of nitrogens with zero attached hydrogens (tertiary/aromatic N) is 2. The third-order valence-corrected chi connectivity index (χ3v) is 5.96. The number of aliphatic imine (C=N–C) groups is 1. The van der Waals surface area contributed by atoms with Crippen LogP contribution in [0, 0.1) is 5.92 Å². The molecular weight excluding hydrogens is 440 g/mol. The average molecular weight is 468 g/mol. The molecule has 4 heterocycles. The lowest BCUT2D eigenvalue weighted by Crippen LogP contribution is -2.56. The summed E-state index contributed by atoms with van der Waals surface area (Å²) in [5, 5.41) is 53.3. The number of hydrogen-bond donors (Lipinski definition) is 7. The number of urea groups is 1. The fraction of sp³-hybridized carbons (Fsp3) is 0.600. The molecule has 0 aromatic heterocycles. The Morgan fingerprint density at radius 3 is 2.70 bits per heavy atom. The topological polar surface area (TPSA) is 200 Å². The van der Waals surface area contributed by atoms with Crippen LogP contribution in [-0.4, -0.2) is 105 Å². The fourth-order valence-electron chi connectivity index (χ4n) is 4.23. The van der Waals surface area contributed by atoms with Gasteiger partial charge >= 0.3 is 6.03 Å². The zero-order chi connectivity index (χ0) is 23.8. The Kier molecular flexibility index (Phi) is 6.83. The van der Waals surface area contributed by atoms with Crippen LogP contribution in [0.15, 0.2) is 41.2 Å². The van der Waals surface area contributed by atoms with Gasteiger partial charge in [0.1, 0.15) is 30.3 Å². The molecule has 1 unspecified atom stereocenters. The lowest BCUT2D eigenvalue weighted by Gasteiger charge is -2.38. The van der Waals surface area contributed by atoms with E-state index >= 15 is 0 Å². The summed E-state index contributed by atoms with van der Waals surface area (Å²) in [7, 11) is 0. The second-order valence-corrected chi connectivity index (χ2v) is 8.18. The third-order valence-electron chi connectivity index (χ3n) is 5.96. The van der Waals surface area contributed by atoms with Gasteiger partial charge in [0.2, 0.25) is 0 Å². The Labute approximate surface area is 189 Å². The number of hydrogen-bond acceptors (Lipinski definition) is 11. The van der Waals surface area contributed by atoms with E-state index in [0.717, 1.165) is 0 Å². The minimum absolute atomic E-state index is 0.00521. The van der Waals surface area contributed by atoms with Crippen molar-refractivity contribution in [2.24, 2.45) is 16.6 Å². The van der Waals surface area contributed by atoms with Crippen LogP contribution in [0.4, 0.5) is 4.79 Å². The van der Waals surface area contributed by atoms with E-state index in [-0.39, 0.29) is 12.4 Å². The quantitative estimate of drug-likeness (QED) is 0.199. The van der Waals surface area contributed by atoms with Crippen molar-refractivity contribution in [3.8, 4) is 0 Å².